The molecule has 1 unspecified atom stereocenters. The van der Waals surface area contributed by atoms with Gasteiger partial charge in [-0.2, -0.15) is 0 Å². The number of unbranched alkanes of at least 4 members (excludes halogenated alkanes) is 5. The molecule has 0 radical (unpaired) electrons. The van der Waals surface area contributed by atoms with Crippen LogP contribution in [0.5, 0.6) is 0 Å². The minimum Gasteiger partial charge on any atom is -0.352 e. The fourth-order valence-electron chi connectivity index (χ4n) is 3.38. The number of halogens is 1. The highest BCUT2D eigenvalue weighted by atomic mass is 19.1. The van der Waals surface area contributed by atoms with Gasteiger partial charge in [0, 0.05) is 0 Å². The summed E-state index contributed by atoms with van der Waals surface area (Å²) >= 11 is 0. The Hall–Kier alpha value is -0.150. The molecular formula is C20H39FO2. The first-order valence-electron chi connectivity index (χ1n) is 10.0. The number of hydrogen-bond donors (Lipinski definition) is 0. The Labute approximate surface area is 143 Å². The third-order valence-electron chi connectivity index (χ3n) is 5.18. The van der Waals surface area contributed by atoms with Crippen LogP contribution in [0.1, 0.15) is 97.8 Å². The third kappa shape index (κ3) is 9.66. The highest BCUT2D eigenvalue weighted by Crippen LogP contribution is 2.26. The maximum Gasteiger partial charge on any atom is 0.147 e. The van der Waals surface area contributed by atoms with Gasteiger partial charge in [-0.05, 0) is 44.4 Å². The molecule has 1 aliphatic rings. The van der Waals surface area contributed by atoms with Gasteiger partial charge in [-0.25, -0.2) is 4.39 Å². The van der Waals surface area contributed by atoms with E-state index < -0.39 is 6.17 Å². The van der Waals surface area contributed by atoms with E-state index in [0.29, 0.717) is 12.5 Å². The van der Waals surface area contributed by atoms with Crippen LogP contribution in [0, 0.1) is 5.92 Å². The molecule has 1 aliphatic carbocycles. The smallest absolute Gasteiger partial charge is 0.147 e. The zero-order chi connectivity index (χ0) is 16.9. The molecule has 0 spiro atoms. The van der Waals surface area contributed by atoms with Crippen molar-refractivity contribution in [2.75, 3.05) is 6.79 Å². The quantitative estimate of drug-likeness (QED) is 0.286. The third-order valence-corrected chi connectivity index (χ3v) is 5.18. The van der Waals surface area contributed by atoms with E-state index in [1.54, 1.807) is 0 Å². The van der Waals surface area contributed by atoms with Gasteiger partial charge in [0.25, 0.3) is 0 Å². The molecule has 138 valence electrons. The van der Waals surface area contributed by atoms with Crippen molar-refractivity contribution in [3.8, 4) is 0 Å². The van der Waals surface area contributed by atoms with Crippen molar-refractivity contribution in [2.45, 2.75) is 116 Å². The molecule has 0 aromatic rings. The summed E-state index contributed by atoms with van der Waals surface area (Å²) in [5.41, 5.74) is 0. The highest BCUT2D eigenvalue weighted by Gasteiger charge is 2.22. The van der Waals surface area contributed by atoms with E-state index in [2.05, 4.69) is 13.8 Å². The summed E-state index contributed by atoms with van der Waals surface area (Å²) in [7, 11) is 0. The van der Waals surface area contributed by atoms with Crippen molar-refractivity contribution in [3.05, 3.63) is 0 Å². The molecule has 2 nitrogen and oxygen atoms in total. The SMILES string of the molecule is CCCCCCCCC(OCOC1CCC(C)CC1)[C@H](F)CC. The molecule has 0 bridgehead atoms. The first-order valence-corrected chi connectivity index (χ1v) is 10.0. The maximum absolute atomic E-state index is 14.1. The van der Waals surface area contributed by atoms with Gasteiger partial charge in [0.1, 0.15) is 13.0 Å². The van der Waals surface area contributed by atoms with Gasteiger partial charge < -0.3 is 9.47 Å². The van der Waals surface area contributed by atoms with Gasteiger partial charge >= 0.3 is 0 Å². The average molecular weight is 331 g/mol. The minimum atomic E-state index is -0.861. The van der Waals surface area contributed by atoms with Crippen LogP contribution >= 0.6 is 0 Å². The minimum absolute atomic E-state index is 0.264. The molecule has 1 rings (SSSR count). The second-order valence-electron chi connectivity index (χ2n) is 7.35. The molecule has 1 fully saturated rings. The van der Waals surface area contributed by atoms with E-state index in [-0.39, 0.29) is 12.9 Å². The first kappa shape index (κ1) is 20.9. The summed E-state index contributed by atoms with van der Waals surface area (Å²) < 4.78 is 25.6. The van der Waals surface area contributed by atoms with E-state index in [1.165, 1.54) is 44.9 Å². The summed E-state index contributed by atoms with van der Waals surface area (Å²) in [5, 5.41) is 0. The number of alkyl halides is 1. The van der Waals surface area contributed by atoms with Crippen molar-refractivity contribution >= 4 is 0 Å². The fourth-order valence-corrected chi connectivity index (χ4v) is 3.38. The summed E-state index contributed by atoms with van der Waals surface area (Å²) in [6, 6.07) is 0. The van der Waals surface area contributed by atoms with Crippen molar-refractivity contribution < 1.29 is 13.9 Å². The Morgan fingerprint density at radius 3 is 2.26 bits per heavy atom. The molecule has 0 N–H and O–H groups in total. The molecule has 0 aliphatic heterocycles. The molecular weight excluding hydrogens is 291 g/mol. The monoisotopic (exact) mass is 330 g/mol. The van der Waals surface area contributed by atoms with Gasteiger partial charge in [-0.1, -0.05) is 59.3 Å². The predicted molar refractivity (Wildman–Crippen MR) is 95.4 cm³/mol. The topological polar surface area (TPSA) is 18.5 Å². The largest absolute Gasteiger partial charge is 0.352 e. The van der Waals surface area contributed by atoms with Gasteiger partial charge in [-0.15, -0.1) is 0 Å². The Morgan fingerprint density at radius 1 is 0.957 bits per heavy atom. The van der Waals surface area contributed by atoms with Crippen molar-refractivity contribution in [3.63, 3.8) is 0 Å². The van der Waals surface area contributed by atoms with Gasteiger partial charge in [0.2, 0.25) is 0 Å². The zero-order valence-corrected chi connectivity index (χ0v) is 15.7. The van der Waals surface area contributed by atoms with E-state index in [4.69, 9.17) is 9.47 Å². The van der Waals surface area contributed by atoms with Crippen LogP contribution < -0.4 is 0 Å². The van der Waals surface area contributed by atoms with Crippen LogP contribution in [-0.2, 0) is 9.47 Å². The number of hydrogen-bond acceptors (Lipinski definition) is 2. The summed E-state index contributed by atoms with van der Waals surface area (Å²) in [6.07, 6.45) is 12.7. The van der Waals surface area contributed by atoms with Crippen molar-refractivity contribution in [2.24, 2.45) is 5.92 Å². The normalized spacial score (nSPS) is 24.5. The number of ether oxygens (including phenoxy) is 2. The summed E-state index contributed by atoms with van der Waals surface area (Å²) in [6.45, 7) is 6.69. The van der Waals surface area contributed by atoms with Gasteiger partial charge in [-0.3, -0.25) is 0 Å². The Kier molecular flexibility index (Phi) is 12.0. The van der Waals surface area contributed by atoms with E-state index in [1.807, 2.05) is 6.92 Å². The van der Waals surface area contributed by atoms with E-state index in [9.17, 15) is 4.39 Å². The lowest BCUT2D eigenvalue weighted by Crippen LogP contribution is -2.28. The van der Waals surface area contributed by atoms with Crippen LogP contribution in [0.3, 0.4) is 0 Å². The van der Waals surface area contributed by atoms with Crippen molar-refractivity contribution in [1.29, 1.82) is 0 Å². The molecule has 3 heteroatoms. The summed E-state index contributed by atoms with van der Waals surface area (Å²) in [4.78, 5) is 0. The standard InChI is InChI=1S/C20H39FO2/c1-4-6-7-8-9-10-11-20(19(21)5-2)23-16-22-18-14-12-17(3)13-15-18/h17-20H,4-16H2,1-3H3/t17?,18?,19-,20?/m1/s1. The Balaban J connectivity index is 2.15. The predicted octanol–water partition coefficient (Wildman–Crippen LogP) is 6.42. The van der Waals surface area contributed by atoms with Crippen molar-refractivity contribution in [1.82, 2.24) is 0 Å². The molecule has 0 aromatic carbocycles. The molecule has 23 heavy (non-hydrogen) atoms. The van der Waals surface area contributed by atoms with Crippen LogP contribution in [0.4, 0.5) is 4.39 Å². The van der Waals surface area contributed by atoms with E-state index >= 15 is 0 Å². The average Bonchev–Trinajstić information content (AvgIpc) is 2.57. The fraction of sp³-hybridized carbons (Fsp3) is 1.00. The maximum atomic E-state index is 14.1. The highest BCUT2D eigenvalue weighted by molar-refractivity contribution is 4.70. The zero-order valence-electron chi connectivity index (χ0n) is 15.7. The molecule has 0 heterocycles. The second kappa shape index (κ2) is 13.2. The van der Waals surface area contributed by atoms with Crippen LogP contribution in [0.15, 0.2) is 0 Å². The molecule has 2 atom stereocenters. The number of rotatable bonds is 13. The van der Waals surface area contributed by atoms with E-state index in [0.717, 1.165) is 31.6 Å². The molecule has 0 aromatic heterocycles. The molecule has 1 saturated carbocycles. The Bertz CT molecular complexity index is 264. The summed E-state index contributed by atoms with van der Waals surface area (Å²) in [5.74, 6) is 0.825. The van der Waals surface area contributed by atoms with Crippen LogP contribution in [0.2, 0.25) is 0 Å². The van der Waals surface area contributed by atoms with Crippen LogP contribution in [-0.4, -0.2) is 25.2 Å². The first-order chi connectivity index (χ1) is 11.2. The lowest BCUT2D eigenvalue weighted by atomic mass is 9.89. The Morgan fingerprint density at radius 2 is 1.61 bits per heavy atom. The molecule has 0 amide bonds. The van der Waals surface area contributed by atoms with Gasteiger partial charge in [0.15, 0.2) is 0 Å². The molecule has 0 saturated heterocycles. The van der Waals surface area contributed by atoms with Crippen LogP contribution in [0.25, 0.3) is 0 Å². The second-order valence-corrected chi connectivity index (χ2v) is 7.35. The lowest BCUT2D eigenvalue weighted by Gasteiger charge is -2.27. The van der Waals surface area contributed by atoms with Gasteiger partial charge in [0.05, 0.1) is 12.2 Å². The lowest BCUT2D eigenvalue weighted by molar-refractivity contribution is -0.143.